The zero-order valence-electron chi connectivity index (χ0n) is 10.1. The minimum atomic E-state index is 0.394. The number of rotatable bonds is 3. The highest BCUT2D eigenvalue weighted by atomic mass is 16.5. The molecule has 4 nitrogen and oxygen atoms in total. The predicted octanol–water partition coefficient (Wildman–Crippen LogP) is 2.83. The highest BCUT2D eigenvalue weighted by molar-refractivity contribution is 5.50. The zero-order chi connectivity index (χ0) is 13.0. The molecule has 2 N–H and O–H groups in total. The molecule has 1 aromatic carbocycles. The normalized spacial score (nSPS) is 9.78. The van der Waals surface area contributed by atoms with Crippen molar-refractivity contribution in [2.24, 2.45) is 0 Å². The summed E-state index contributed by atoms with van der Waals surface area (Å²) in [7, 11) is 0. The van der Waals surface area contributed by atoms with E-state index in [2.05, 4.69) is 11.1 Å². The Labute approximate surface area is 106 Å². The van der Waals surface area contributed by atoms with E-state index in [-0.39, 0.29) is 0 Å². The molecule has 1 heterocycles. The number of nitrogens with zero attached hydrogens (tertiary/aromatic N) is 2. The van der Waals surface area contributed by atoms with Gasteiger partial charge in [-0.3, -0.25) is 0 Å². The van der Waals surface area contributed by atoms with Crippen LogP contribution in [0.15, 0.2) is 36.4 Å². The van der Waals surface area contributed by atoms with Gasteiger partial charge < -0.3 is 10.5 Å². The van der Waals surface area contributed by atoms with Gasteiger partial charge in [0.25, 0.3) is 0 Å². The highest BCUT2D eigenvalue weighted by Crippen LogP contribution is 2.25. The molecule has 0 radical (unpaired) electrons. The lowest BCUT2D eigenvalue weighted by Gasteiger charge is -2.08. The van der Waals surface area contributed by atoms with Crippen molar-refractivity contribution in [2.45, 2.75) is 13.3 Å². The van der Waals surface area contributed by atoms with Gasteiger partial charge in [0.1, 0.15) is 5.75 Å². The third-order valence-corrected chi connectivity index (χ3v) is 2.45. The number of hydrogen-bond acceptors (Lipinski definition) is 4. The Morgan fingerprint density at radius 3 is 2.61 bits per heavy atom. The van der Waals surface area contributed by atoms with E-state index >= 15 is 0 Å². The van der Waals surface area contributed by atoms with Gasteiger partial charge >= 0.3 is 0 Å². The monoisotopic (exact) mass is 239 g/mol. The van der Waals surface area contributed by atoms with Crippen LogP contribution in [-0.2, 0) is 6.42 Å². The van der Waals surface area contributed by atoms with Crippen molar-refractivity contribution < 1.29 is 4.74 Å². The molecule has 90 valence electrons. The summed E-state index contributed by atoms with van der Waals surface area (Å²) in [5.41, 5.74) is 8.09. The summed E-state index contributed by atoms with van der Waals surface area (Å²) in [6, 6.07) is 13.0. The van der Waals surface area contributed by atoms with Crippen LogP contribution in [0.5, 0.6) is 11.6 Å². The predicted molar refractivity (Wildman–Crippen MR) is 69.2 cm³/mol. The zero-order valence-corrected chi connectivity index (χ0v) is 10.1. The average molecular weight is 239 g/mol. The number of aromatic nitrogens is 1. The number of nitriles is 1. The fourth-order valence-corrected chi connectivity index (χ4v) is 1.50. The topological polar surface area (TPSA) is 71.9 Å². The van der Waals surface area contributed by atoms with E-state index in [9.17, 15) is 0 Å². The molecule has 2 aromatic rings. The van der Waals surface area contributed by atoms with Crippen LogP contribution in [-0.4, -0.2) is 4.98 Å². The van der Waals surface area contributed by atoms with Gasteiger partial charge in [0.2, 0.25) is 5.88 Å². The minimum Gasteiger partial charge on any atom is -0.437 e. The first kappa shape index (κ1) is 11.9. The first-order chi connectivity index (χ1) is 8.69. The summed E-state index contributed by atoms with van der Waals surface area (Å²) < 4.78 is 5.60. The van der Waals surface area contributed by atoms with Gasteiger partial charge in [-0.25, -0.2) is 4.98 Å². The summed E-state index contributed by atoms with van der Waals surface area (Å²) in [6.07, 6.45) is 0.394. The molecule has 0 atom stereocenters. The Balaban J connectivity index is 2.18. The van der Waals surface area contributed by atoms with Crippen molar-refractivity contribution in [3.8, 4) is 17.7 Å². The van der Waals surface area contributed by atoms with E-state index in [4.69, 9.17) is 15.7 Å². The molecule has 0 aliphatic carbocycles. The van der Waals surface area contributed by atoms with Crippen molar-refractivity contribution in [1.82, 2.24) is 4.98 Å². The summed E-state index contributed by atoms with van der Waals surface area (Å²) in [5, 5.41) is 8.58. The maximum atomic E-state index is 8.58. The summed E-state index contributed by atoms with van der Waals surface area (Å²) in [5.74, 6) is 1.06. The first-order valence-corrected chi connectivity index (χ1v) is 5.56. The van der Waals surface area contributed by atoms with E-state index in [1.54, 1.807) is 18.2 Å². The number of hydrogen-bond donors (Lipinski definition) is 1. The number of aryl methyl sites for hydroxylation is 1. The van der Waals surface area contributed by atoms with Gasteiger partial charge in [-0.05, 0) is 36.8 Å². The Hall–Kier alpha value is -2.54. The van der Waals surface area contributed by atoms with Crippen molar-refractivity contribution in [3.63, 3.8) is 0 Å². The SMILES string of the molecule is Cc1ccc(N)c(Oc2ccc(CC#N)cc2)n1. The third-order valence-electron chi connectivity index (χ3n) is 2.45. The van der Waals surface area contributed by atoms with Crippen LogP contribution in [0.1, 0.15) is 11.3 Å². The van der Waals surface area contributed by atoms with Gasteiger partial charge in [0.05, 0.1) is 18.2 Å². The fraction of sp³-hybridized carbons (Fsp3) is 0.143. The number of nitrogens with two attached hydrogens (primary N) is 1. The molecular weight excluding hydrogens is 226 g/mol. The fourth-order valence-electron chi connectivity index (χ4n) is 1.50. The van der Waals surface area contributed by atoms with Gasteiger partial charge in [0.15, 0.2) is 0 Å². The summed E-state index contributed by atoms with van der Waals surface area (Å²) >= 11 is 0. The molecule has 1 aromatic heterocycles. The highest BCUT2D eigenvalue weighted by Gasteiger charge is 2.04. The largest absolute Gasteiger partial charge is 0.437 e. The van der Waals surface area contributed by atoms with E-state index < -0.39 is 0 Å². The van der Waals surface area contributed by atoms with E-state index in [0.717, 1.165) is 11.3 Å². The van der Waals surface area contributed by atoms with Gasteiger partial charge in [-0.2, -0.15) is 5.26 Å². The lowest BCUT2D eigenvalue weighted by atomic mass is 10.2. The van der Waals surface area contributed by atoms with Crippen LogP contribution in [0.4, 0.5) is 5.69 Å². The number of pyridine rings is 1. The lowest BCUT2D eigenvalue weighted by molar-refractivity contribution is 0.464. The number of ether oxygens (including phenoxy) is 1. The molecule has 2 rings (SSSR count). The first-order valence-electron chi connectivity index (χ1n) is 5.56. The molecule has 0 unspecified atom stereocenters. The Morgan fingerprint density at radius 1 is 1.22 bits per heavy atom. The van der Waals surface area contributed by atoms with Gasteiger partial charge in [-0.15, -0.1) is 0 Å². The molecule has 0 fully saturated rings. The van der Waals surface area contributed by atoms with Gasteiger partial charge in [0, 0.05) is 5.69 Å². The van der Waals surface area contributed by atoms with Crippen LogP contribution in [0.3, 0.4) is 0 Å². The number of benzene rings is 1. The third kappa shape index (κ3) is 2.77. The van der Waals surface area contributed by atoms with Crippen LogP contribution in [0.2, 0.25) is 0 Å². The van der Waals surface area contributed by atoms with Gasteiger partial charge in [-0.1, -0.05) is 12.1 Å². The lowest BCUT2D eigenvalue weighted by Crippen LogP contribution is -1.96. The molecule has 0 spiro atoms. The van der Waals surface area contributed by atoms with E-state index in [1.807, 2.05) is 25.1 Å². The molecule has 4 heteroatoms. The second kappa shape index (κ2) is 5.19. The Kier molecular flexibility index (Phi) is 3.44. The molecule has 0 saturated carbocycles. The smallest absolute Gasteiger partial charge is 0.242 e. The maximum absolute atomic E-state index is 8.58. The number of nitrogen functional groups attached to an aromatic ring is 1. The second-order valence-electron chi connectivity index (χ2n) is 3.93. The standard InChI is InChI=1S/C14H13N3O/c1-10-2-7-13(16)14(17-10)18-12-5-3-11(4-6-12)8-9-15/h2-7H,8,16H2,1H3. The molecule has 18 heavy (non-hydrogen) atoms. The molecule has 0 bridgehead atoms. The molecular formula is C14H13N3O. The molecule has 0 aliphatic rings. The van der Waals surface area contributed by atoms with Crippen molar-refractivity contribution in [3.05, 3.63) is 47.7 Å². The minimum absolute atomic E-state index is 0.394. The number of anilines is 1. The van der Waals surface area contributed by atoms with Crippen molar-refractivity contribution >= 4 is 5.69 Å². The quantitative estimate of drug-likeness (QED) is 0.893. The van der Waals surface area contributed by atoms with E-state index in [0.29, 0.717) is 23.7 Å². The van der Waals surface area contributed by atoms with Crippen LogP contribution in [0.25, 0.3) is 0 Å². The second-order valence-corrected chi connectivity index (χ2v) is 3.93. The molecule has 0 saturated heterocycles. The van der Waals surface area contributed by atoms with Crippen molar-refractivity contribution in [1.29, 1.82) is 5.26 Å². The van der Waals surface area contributed by atoms with Crippen LogP contribution < -0.4 is 10.5 Å². The van der Waals surface area contributed by atoms with E-state index in [1.165, 1.54) is 0 Å². The van der Waals surface area contributed by atoms with Crippen molar-refractivity contribution in [2.75, 3.05) is 5.73 Å². The van der Waals surface area contributed by atoms with Crippen LogP contribution >= 0.6 is 0 Å². The summed E-state index contributed by atoms with van der Waals surface area (Å²) in [6.45, 7) is 1.88. The maximum Gasteiger partial charge on any atom is 0.242 e. The molecule has 0 aliphatic heterocycles. The average Bonchev–Trinajstić information content (AvgIpc) is 2.37. The van der Waals surface area contributed by atoms with Crippen LogP contribution in [0, 0.1) is 18.3 Å². The summed E-state index contributed by atoms with van der Waals surface area (Å²) in [4.78, 5) is 4.23. The molecule has 0 amide bonds. The Bertz CT molecular complexity index is 585. The Morgan fingerprint density at radius 2 is 1.94 bits per heavy atom.